The van der Waals surface area contributed by atoms with Gasteiger partial charge in [0.1, 0.15) is 0 Å². The standard InChI is InChI=1S/C13H7Cl3N2O3/c14-7-1-4-10(15)12(5-7)17-13(19)9-3-2-8(18(20)21)6-11(9)16/h1-6H,(H,17,19). The molecule has 21 heavy (non-hydrogen) atoms. The van der Waals surface area contributed by atoms with Gasteiger partial charge in [-0.05, 0) is 24.3 Å². The van der Waals surface area contributed by atoms with Crippen LogP contribution in [0.5, 0.6) is 0 Å². The Balaban J connectivity index is 2.28. The maximum Gasteiger partial charge on any atom is 0.270 e. The maximum atomic E-state index is 12.1. The molecule has 2 aromatic carbocycles. The van der Waals surface area contributed by atoms with Gasteiger partial charge in [-0.1, -0.05) is 34.8 Å². The molecule has 0 spiro atoms. The fourth-order valence-corrected chi connectivity index (χ4v) is 2.18. The van der Waals surface area contributed by atoms with E-state index in [1.54, 1.807) is 6.07 Å². The quantitative estimate of drug-likeness (QED) is 0.641. The van der Waals surface area contributed by atoms with E-state index in [1.165, 1.54) is 24.3 Å². The average molecular weight is 346 g/mol. The Labute approximate surface area is 134 Å². The summed E-state index contributed by atoms with van der Waals surface area (Å²) in [4.78, 5) is 22.1. The summed E-state index contributed by atoms with van der Waals surface area (Å²) in [6.45, 7) is 0. The molecule has 0 saturated heterocycles. The van der Waals surface area contributed by atoms with Crippen molar-refractivity contribution >= 4 is 52.1 Å². The molecule has 2 rings (SSSR count). The number of nitrogens with zero attached hydrogens (tertiary/aromatic N) is 1. The van der Waals surface area contributed by atoms with E-state index in [0.29, 0.717) is 15.7 Å². The number of non-ortho nitro benzene ring substituents is 1. The number of carbonyl (C=O) groups is 1. The van der Waals surface area contributed by atoms with Crippen molar-refractivity contribution in [1.29, 1.82) is 0 Å². The Hall–Kier alpha value is -1.82. The van der Waals surface area contributed by atoms with Gasteiger partial charge in [0.2, 0.25) is 0 Å². The van der Waals surface area contributed by atoms with Gasteiger partial charge in [-0.2, -0.15) is 0 Å². The minimum absolute atomic E-state index is 0.0279. The van der Waals surface area contributed by atoms with Gasteiger partial charge in [0.15, 0.2) is 0 Å². The van der Waals surface area contributed by atoms with E-state index in [-0.39, 0.29) is 16.3 Å². The number of carbonyl (C=O) groups excluding carboxylic acids is 1. The lowest BCUT2D eigenvalue weighted by molar-refractivity contribution is -0.384. The lowest BCUT2D eigenvalue weighted by Crippen LogP contribution is -2.13. The van der Waals surface area contributed by atoms with Gasteiger partial charge in [-0.3, -0.25) is 14.9 Å². The van der Waals surface area contributed by atoms with E-state index in [4.69, 9.17) is 34.8 Å². The van der Waals surface area contributed by atoms with Crippen LogP contribution in [0.15, 0.2) is 36.4 Å². The highest BCUT2D eigenvalue weighted by Crippen LogP contribution is 2.28. The van der Waals surface area contributed by atoms with E-state index in [0.717, 1.165) is 6.07 Å². The van der Waals surface area contributed by atoms with Crippen LogP contribution in [0.1, 0.15) is 10.4 Å². The summed E-state index contributed by atoms with van der Waals surface area (Å²) in [5.41, 5.74) is 0.222. The molecule has 2 aromatic rings. The second kappa shape index (κ2) is 6.30. The Kier molecular flexibility index (Phi) is 4.67. The van der Waals surface area contributed by atoms with Crippen molar-refractivity contribution in [1.82, 2.24) is 0 Å². The largest absolute Gasteiger partial charge is 0.321 e. The van der Waals surface area contributed by atoms with Crippen LogP contribution in [-0.4, -0.2) is 10.8 Å². The third-order valence-corrected chi connectivity index (χ3v) is 3.46. The number of hydrogen-bond donors (Lipinski definition) is 1. The van der Waals surface area contributed by atoms with Crippen LogP contribution in [0.2, 0.25) is 15.1 Å². The van der Waals surface area contributed by atoms with Gasteiger partial charge >= 0.3 is 0 Å². The van der Waals surface area contributed by atoms with Gasteiger partial charge in [-0.25, -0.2) is 0 Å². The molecular weight excluding hydrogens is 339 g/mol. The second-order valence-corrected chi connectivity index (χ2v) is 5.25. The molecule has 0 unspecified atom stereocenters. The molecular formula is C13H7Cl3N2O3. The smallest absolute Gasteiger partial charge is 0.270 e. The Morgan fingerprint density at radius 1 is 1.05 bits per heavy atom. The van der Waals surface area contributed by atoms with Crippen molar-refractivity contribution in [2.24, 2.45) is 0 Å². The zero-order valence-corrected chi connectivity index (χ0v) is 12.5. The molecule has 8 heteroatoms. The van der Waals surface area contributed by atoms with Crippen LogP contribution in [0, 0.1) is 10.1 Å². The number of rotatable bonds is 3. The summed E-state index contributed by atoms with van der Waals surface area (Å²) in [5.74, 6) is -0.543. The van der Waals surface area contributed by atoms with Crippen molar-refractivity contribution in [2.75, 3.05) is 5.32 Å². The zero-order valence-electron chi connectivity index (χ0n) is 10.3. The van der Waals surface area contributed by atoms with Crippen LogP contribution in [0.4, 0.5) is 11.4 Å². The maximum absolute atomic E-state index is 12.1. The van der Waals surface area contributed by atoms with Crippen molar-refractivity contribution in [3.63, 3.8) is 0 Å². The molecule has 0 bridgehead atoms. The van der Waals surface area contributed by atoms with Crippen molar-refractivity contribution in [3.05, 3.63) is 67.1 Å². The van der Waals surface area contributed by atoms with Crippen LogP contribution in [-0.2, 0) is 0 Å². The number of hydrogen-bond acceptors (Lipinski definition) is 3. The molecule has 0 heterocycles. The first-order chi connectivity index (χ1) is 9.88. The molecule has 0 fully saturated rings. The second-order valence-electron chi connectivity index (χ2n) is 4.00. The average Bonchev–Trinajstić information content (AvgIpc) is 2.42. The van der Waals surface area contributed by atoms with Crippen molar-refractivity contribution in [3.8, 4) is 0 Å². The number of nitro benzene ring substituents is 1. The first kappa shape index (κ1) is 15.6. The van der Waals surface area contributed by atoms with Crippen LogP contribution in [0.3, 0.4) is 0 Å². The van der Waals surface area contributed by atoms with Gasteiger partial charge < -0.3 is 5.32 Å². The normalized spacial score (nSPS) is 10.2. The molecule has 0 saturated carbocycles. The molecule has 0 radical (unpaired) electrons. The molecule has 5 nitrogen and oxygen atoms in total. The fraction of sp³-hybridized carbons (Fsp3) is 0. The summed E-state index contributed by atoms with van der Waals surface area (Å²) in [7, 11) is 0. The predicted molar refractivity (Wildman–Crippen MR) is 82.5 cm³/mol. The highest BCUT2D eigenvalue weighted by Gasteiger charge is 2.16. The topological polar surface area (TPSA) is 72.2 Å². The van der Waals surface area contributed by atoms with Crippen LogP contribution < -0.4 is 5.32 Å². The minimum Gasteiger partial charge on any atom is -0.321 e. The lowest BCUT2D eigenvalue weighted by Gasteiger charge is -2.08. The number of nitrogens with one attached hydrogen (secondary N) is 1. The van der Waals surface area contributed by atoms with E-state index >= 15 is 0 Å². The first-order valence-electron chi connectivity index (χ1n) is 5.59. The third kappa shape index (κ3) is 3.64. The Bertz CT molecular complexity index is 735. The molecule has 1 amide bonds. The SMILES string of the molecule is O=C(Nc1cc(Cl)ccc1Cl)c1ccc([N+](=O)[O-])cc1Cl. The van der Waals surface area contributed by atoms with Gasteiger partial charge in [-0.15, -0.1) is 0 Å². The number of anilines is 1. The number of nitro groups is 1. The van der Waals surface area contributed by atoms with E-state index in [9.17, 15) is 14.9 Å². The first-order valence-corrected chi connectivity index (χ1v) is 6.72. The molecule has 0 aromatic heterocycles. The number of halogens is 3. The van der Waals surface area contributed by atoms with Crippen LogP contribution in [0.25, 0.3) is 0 Å². The Morgan fingerprint density at radius 3 is 2.38 bits per heavy atom. The molecule has 0 aliphatic rings. The van der Waals surface area contributed by atoms with Gasteiger partial charge in [0, 0.05) is 17.2 Å². The summed E-state index contributed by atoms with van der Waals surface area (Å²) < 4.78 is 0. The number of benzene rings is 2. The van der Waals surface area contributed by atoms with Crippen LogP contribution >= 0.6 is 34.8 Å². The van der Waals surface area contributed by atoms with E-state index < -0.39 is 10.8 Å². The van der Waals surface area contributed by atoms with Gasteiger partial charge in [0.05, 0.1) is 26.2 Å². The number of amides is 1. The molecule has 0 aliphatic heterocycles. The molecule has 108 valence electrons. The lowest BCUT2D eigenvalue weighted by atomic mass is 10.2. The van der Waals surface area contributed by atoms with Crippen molar-refractivity contribution < 1.29 is 9.72 Å². The van der Waals surface area contributed by atoms with E-state index in [1.807, 2.05) is 0 Å². The Morgan fingerprint density at radius 2 is 1.76 bits per heavy atom. The highest BCUT2D eigenvalue weighted by molar-refractivity contribution is 6.37. The highest BCUT2D eigenvalue weighted by atomic mass is 35.5. The minimum atomic E-state index is -0.596. The monoisotopic (exact) mass is 344 g/mol. The predicted octanol–water partition coefficient (Wildman–Crippen LogP) is 4.81. The third-order valence-electron chi connectivity index (χ3n) is 2.58. The molecule has 1 N–H and O–H groups in total. The van der Waals surface area contributed by atoms with Gasteiger partial charge in [0.25, 0.3) is 11.6 Å². The molecule has 0 atom stereocenters. The van der Waals surface area contributed by atoms with Crippen molar-refractivity contribution in [2.45, 2.75) is 0 Å². The summed E-state index contributed by atoms with van der Waals surface area (Å²) in [5, 5.41) is 13.9. The van der Waals surface area contributed by atoms with E-state index in [2.05, 4.69) is 5.32 Å². The summed E-state index contributed by atoms with van der Waals surface area (Å²) >= 11 is 17.6. The summed E-state index contributed by atoms with van der Waals surface area (Å²) in [6, 6.07) is 8.18. The summed E-state index contributed by atoms with van der Waals surface area (Å²) in [6.07, 6.45) is 0. The fourth-order valence-electron chi connectivity index (χ4n) is 1.58. The molecule has 0 aliphatic carbocycles. The zero-order chi connectivity index (χ0) is 15.6.